The Morgan fingerprint density at radius 1 is 1.04 bits per heavy atom. The molecule has 2 aromatic rings. The Balaban J connectivity index is 1.89. The van der Waals surface area contributed by atoms with Crippen LogP contribution in [0.5, 0.6) is 0 Å². The van der Waals surface area contributed by atoms with Crippen LogP contribution in [0.15, 0.2) is 42.0 Å². The Morgan fingerprint density at radius 2 is 1.68 bits per heavy atom. The predicted molar refractivity (Wildman–Crippen MR) is 103 cm³/mol. The van der Waals surface area contributed by atoms with E-state index >= 15 is 0 Å². The number of aryl methyl sites for hydroxylation is 3. The summed E-state index contributed by atoms with van der Waals surface area (Å²) in [7, 11) is 2.19. The molecule has 1 atom stereocenters. The zero-order valence-corrected chi connectivity index (χ0v) is 15.4. The molecule has 126 valence electrons. The summed E-state index contributed by atoms with van der Waals surface area (Å²) in [6.07, 6.45) is 2.43. The zero-order valence-electron chi connectivity index (χ0n) is 15.4. The zero-order chi connectivity index (χ0) is 17.7. The average molecular weight is 328 g/mol. The summed E-state index contributed by atoms with van der Waals surface area (Å²) in [6, 6.07) is 15.7. The smallest absolute Gasteiger partial charge is 0.0998 e. The van der Waals surface area contributed by atoms with Crippen LogP contribution in [0.3, 0.4) is 0 Å². The summed E-state index contributed by atoms with van der Waals surface area (Å²) in [5, 5.41) is 9.85. The molecule has 0 radical (unpaired) electrons. The van der Waals surface area contributed by atoms with Crippen LogP contribution in [0.2, 0.25) is 0 Å². The number of hydrogen-bond acceptors (Lipinski definition) is 2. The molecular formula is C23H24N2. The second-order valence-electron chi connectivity index (χ2n) is 7.56. The molecule has 0 aliphatic heterocycles. The predicted octanol–water partition coefficient (Wildman–Crippen LogP) is 5.49. The van der Waals surface area contributed by atoms with Gasteiger partial charge in [0.05, 0.1) is 17.7 Å². The van der Waals surface area contributed by atoms with Crippen molar-refractivity contribution in [2.45, 2.75) is 39.7 Å². The molecular weight excluding hydrogens is 304 g/mol. The van der Waals surface area contributed by atoms with E-state index in [0.717, 1.165) is 11.1 Å². The molecule has 0 heterocycles. The van der Waals surface area contributed by atoms with Crippen molar-refractivity contribution in [2.75, 3.05) is 11.9 Å². The second-order valence-corrected chi connectivity index (χ2v) is 7.56. The second kappa shape index (κ2) is 5.77. The van der Waals surface area contributed by atoms with Crippen LogP contribution in [0.4, 0.5) is 5.69 Å². The quantitative estimate of drug-likeness (QED) is 0.745. The topological polar surface area (TPSA) is 27.0 Å². The number of allylic oxidation sites excluding steroid dienone is 1. The Kier molecular flexibility index (Phi) is 3.69. The van der Waals surface area contributed by atoms with Gasteiger partial charge in [0.15, 0.2) is 0 Å². The molecule has 1 saturated carbocycles. The lowest BCUT2D eigenvalue weighted by molar-refractivity contribution is 0.726. The summed E-state index contributed by atoms with van der Waals surface area (Å²) in [4.78, 5) is 2.40. The van der Waals surface area contributed by atoms with E-state index in [2.05, 4.69) is 69.1 Å². The van der Waals surface area contributed by atoms with Gasteiger partial charge >= 0.3 is 0 Å². The number of nitriles is 1. The van der Waals surface area contributed by atoms with E-state index in [1.807, 2.05) is 6.07 Å². The van der Waals surface area contributed by atoms with Gasteiger partial charge in [-0.2, -0.15) is 5.26 Å². The lowest BCUT2D eigenvalue weighted by atomic mass is 9.96. The van der Waals surface area contributed by atoms with Crippen molar-refractivity contribution in [3.05, 3.63) is 69.8 Å². The fourth-order valence-corrected chi connectivity index (χ4v) is 4.64. The van der Waals surface area contributed by atoms with Crippen molar-refractivity contribution in [1.82, 2.24) is 0 Å². The van der Waals surface area contributed by atoms with Crippen molar-refractivity contribution >= 4 is 11.3 Å². The van der Waals surface area contributed by atoms with E-state index in [9.17, 15) is 5.26 Å². The molecule has 0 saturated heterocycles. The minimum absolute atomic E-state index is 0.179. The van der Waals surface area contributed by atoms with Gasteiger partial charge < -0.3 is 4.90 Å². The van der Waals surface area contributed by atoms with Crippen LogP contribution < -0.4 is 4.90 Å². The van der Waals surface area contributed by atoms with Gasteiger partial charge in [0.1, 0.15) is 0 Å². The molecule has 1 unspecified atom stereocenters. The maximum atomic E-state index is 9.85. The van der Waals surface area contributed by atoms with Crippen molar-refractivity contribution in [3.63, 3.8) is 0 Å². The van der Waals surface area contributed by atoms with Gasteiger partial charge in [-0.25, -0.2) is 0 Å². The summed E-state index contributed by atoms with van der Waals surface area (Å²) in [6.45, 7) is 6.54. The average Bonchev–Trinajstić information content (AvgIpc) is 3.34. The maximum absolute atomic E-state index is 9.85. The number of likely N-dealkylation sites (N-methyl/N-ethyl adjacent to an activating group) is 1. The number of hydrogen-bond donors (Lipinski definition) is 0. The first kappa shape index (κ1) is 16.0. The van der Waals surface area contributed by atoms with Crippen LogP contribution in [0, 0.1) is 38.0 Å². The minimum atomic E-state index is 0.179. The van der Waals surface area contributed by atoms with E-state index in [4.69, 9.17) is 0 Å². The number of nitrogens with zero attached hydrogens (tertiary/aromatic N) is 2. The molecule has 0 bridgehead atoms. The van der Waals surface area contributed by atoms with Gasteiger partial charge in [-0.05, 0) is 67.4 Å². The number of rotatable bonds is 3. The molecule has 2 nitrogen and oxygen atoms in total. The highest BCUT2D eigenvalue weighted by atomic mass is 15.1. The highest BCUT2D eigenvalue weighted by Crippen LogP contribution is 2.54. The summed E-state index contributed by atoms with van der Waals surface area (Å²) >= 11 is 0. The summed E-state index contributed by atoms with van der Waals surface area (Å²) in [5.41, 5.74) is 9.87. The molecule has 25 heavy (non-hydrogen) atoms. The maximum Gasteiger partial charge on any atom is 0.0998 e. The molecule has 2 heteroatoms. The van der Waals surface area contributed by atoms with E-state index in [1.54, 1.807) is 0 Å². The highest BCUT2D eigenvalue weighted by molar-refractivity contribution is 5.88. The number of anilines is 1. The molecule has 2 aliphatic rings. The third-order valence-corrected chi connectivity index (χ3v) is 5.61. The van der Waals surface area contributed by atoms with Crippen LogP contribution in [-0.4, -0.2) is 7.05 Å². The molecule has 0 spiro atoms. The lowest BCUT2D eigenvalue weighted by Gasteiger charge is -2.33. The molecule has 2 aliphatic carbocycles. The van der Waals surface area contributed by atoms with E-state index in [1.165, 1.54) is 46.4 Å². The van der Waals surface area contributed by atoms with E-state index in [0.29, 0.717) is 5.92 Å². The Bertz CT molecular complexity index is 902. The third-order valence-electron chi connectivity index (χ3n) is 5.61. The van der Waals surface area contributed by atoms with Gasteiger partial charge in [-0.3, -0.25) is 0 Å². The number of fused-ring (bicyclic) bond motifs is 1. The Hall–Kier alpha value is -2.53. The van der Waals surface area contributed by atoms with Gasteiger partial charge in [-0.1, -0.05) is 42.0 Å². The molecule has 4 rings (SSSR count). The molecule has 0 N–H and O–H groups in total. The van der Waals surface area contributed by atoms with Gasteiger partial charge in [0.25, 0.3) is 0 Å². The van der Waals surface area contributed by atoms with Crippen molar-refractivity contribution < 1.29 is 0 Å². The normalized spacial score (nSPS) is 18.9. The van der Waals surface area contributed by atoms with Crippen LogP contribution in [0.1, 0.15) is 46.7 Å². The van der Waals surface area contributed by atoms with Gasteiger partial charge in [-0.15, -0.1) is 0 Å². The molecule has 0 aromatic heterocycles. The van der Waals surface area contributed by atoms with Crippen molar-refractivity contribution in [1.29, 1.82) is 5.26 Å². The minimum Gasteiger partial charge on any atom is -0.363 e. The first-order chi connectivity index (χ1) is 12.0. The Labute approximate surface area is 150 Å². The van der Waals surface area contributed by atoms with Gasteiger partial charge in [0.2, 0.25) is 0 Å². The Morgan fingerprint density at radius 3 is 2.28 bits per heavy atom. The van der Waals surface area contributed by atoms with E-state index in [-0.39, 0.29) is 6.04 Å². The largest absolute Gasteiger partial charge is 0.363 e. The molecule has 2 aromatic carbocycles. The third kappa shape index (κ3) is 2.46. The SMILES string of the molecule is Cc1cc(C)c(N(C)C2C(C3CC3)=C(C#N)c3ccccc32)c(C)c1. The standard InChI is InChI=1S/C23H24N2/c1-14-11-15(2)22(16(3)12-14)25(4)23-19-8-6-5-7-18(19)20(13-24)21(23)17-9-10-17/h5-8,11-12,17,23H,9-10H2,1-4H3. The molecule has 1 fully saturated rings. The van der Waals surface area contributed by atoms with Crippen LogP contribution in [0.25, 0.3) is 5.57 Å². The van der Waals surface area contributed by atoms with Crippen molar-refractivity contribution in [3.8, 4) is 6.07 Å². The van der Waals surface area contributed by atoms with E-state index < -0.39 is 0 Å². The fraction of sp³-hybridized carbons (Fsp3) is 0.348. The highest BCUT2D eigenvalue weighted by Gasteiger charge is 2.42. The summed E-state index contributed by atoms with van der Waals surface area (Å²) < 4.78 is 0. The van der Waals surface area contributed by atoms with Crippen LogP contribution in [-0.2, 0) is 0 Å². The van der Waals surface area contributed by atoms with Crippen molar-refractivity contribution in [2.24, 2.45) is 5.92 Å². The monoisotopic (exact) mass is 328 g/mol. The fourth-order valence-electron chi connectivity index (χ4n) is 4.64. The van der Waals surface area contributed by atoms with Gasteiger partial charge in [0, 0.05) is 12.7 Å². The first-order valence-corrected chi connectivity index (χ1v) is 9.07. The summed E-state index contributed by atoms with van der Waals surface area (Å²) in [5.74, 6) is 0.570. The first-order valence-electron chi connectivity index (χ1n) is 9.07. The van der Waals surface area contributed by atoms with Crippen LogP contribution >= 0.6 is 0 Å². The lowest BCUT2D eigenvalue weighted by Crippen LogP contribution is -2.26. The molecule has 0 amide bonds. The number of benzene rings is 2.